The highest BCUT2D eigenvalue weighted by Crippen LogP contribution is 2.26. The van der Waals surface area contributed by atoms with Crippen molar-refractivity contribution in [3.63, 3.8) is 0 Å². The van der Waals surface area contributed by atoms with E-state index in [0.717, 1.165) is 0 Å². The summed E-state index contributed by atoms with van der Waals surface area (Å²) in [6.45, 7) is 3.69. The first kappa shape index (κ1) is 20.3. The third-order valence-corrected chi connectivity index (χ3v) is 3.50. The van der Waals surface area contributed by atoms with E-state index in [-0.39, 0.29) is 29.2 Å². The number of amides is 1. The number of ether oxygens (including phenoxy) is 1. The molecule has 134 valence electrons. The molecule has 4 nitrogen and oxygen atoms in total. The Balaban J connectivity index is 2.72. The van der Waals surface area contributed by atoms with Crippen molar-refractivity contribution in [2.75, 3.05) is 11.9 Å². The number of alkyl halides is 3. The van der Waals surface area contributed by atoms with Crippen molar-refractivity contribution < 1.29 is 27.5 Å². The summed E-state index contributed by atoms with van der Waals surface area (Å²) in [6, 6.07) is 4.75. The summed E-state index contributed by atoms with van der Waals surface area (Å²) in [4.78, 5) is 23.2. The molecule has 24 heavy (non-hydrogen) atoms. The number of anilines is 1. The standard InChI is InChI=1S/C16H19ClF3NO3/c1-3-24-15(23)10(2)8-11-4-5-12(17)13(9-11)21-14(22)6-7-16(18,19)20/h4-5,9-10H,3,6-8H2,1-2H3,(H,21,22). The Kier molecular flexibility index (Phi) is 7.54. The first-order chi connectivity index (χ1) is 11.1. The van der Waals surface area contributed by atoms with Crippen molar-refractivity contribution in [1.82, 2.24) is 0 Å². The largest absolute Gasteiger partial charge is 0.466 e. The Hall–Kier alpha value is -1.76. The van der Waals surface area contributed by atoms with Gasteiger partial charge in [0.05, 0.1) is 29.7 Å². The van der Waals surface area contributed by atoms with Gasteiger partial charge in [0.1, 0.15) is 0 Å². The average Bonchev–Trinajstić information content (AvgIpc) is 2.48. The lowest BCUT2D eigenvalue weighted by Gasteiger charge is -2.13. The monoisotopic (exact) mass is 365 g/mol. The van der Waals surface area contributed by atoms with Crippen LogP contribution in [0.2, 0.25) is 5.02 Å². The molecule has 0 bridgehead atoms. The Labute approximate surface area is 143 Å². The van der Waals surface area contributed by atoms with Crippen LogP contribution in [0.1, 0.15) is 32.3 Å². The summed E-state index contributed by atoms with van der Waals surface area (Å²) in [6.07, 6.45) is -5.90. The lowest BCUT2D eigenvalue weighted by Crippen LogP contribution is -2.18. The second kappa shape index (κ2) is 8.92. The summed E-state index contributed by atoms with van der Waals surface area (Å²) < 4.78 is 41.3. The number of hydrogen-bond donors (Lipinski definition) is 1. The molecule has 1 amide bonds. The van der Waals surface area contributed by atoms with Gasteiger partial charge in [0.15, 0.2) is 0 Å². The topological polar surface area (TPSA) is 55.4 Å². The predicted molar refractivity (Wildman–Crippen MR) is 84.9 cm³/mol. The number of carbonyl (C=O) groups excluding carboxylic acids is 2. The van der Waals surface area contributed by atoms with E-state index in [1.165, 1.54) is 6.07 Å². The van der Waals surface area contributed by atoms with Crippen LogP contribution in [0.5, 0.6) is 0 Å². The third-order valence-electron chi connectivity index (χ3n) is 3.17. The Morgan fingerprint density at radius 1 is 1.33 bits per heavy atom. The van der Waals surface area contributed by atoms with Crippen molar-refractivity contribution in [2.24, 2.45) is 5.92 Å². The van der Waals surface area contributed by atoms with Crippen LogP contribution in [0, 0.1) is 5.92 Å². The molecule has 1 N–H and O–H groups in total. The smallest absolute Gasteiger partial charge is 0.389 e. The van der Waals surface area contributed by atoms with Gasteiger partial charge in [-0.25, -0.2) is 0 Å². The van der Waals surface area contributed by atoms with Crippen LogP contribution in [0.25, 0.3) is 0 Å². The zero-order valence-corrected chi connectivity index (χ0v) is 14.1. The van der Waals surface area contributed by atoms with E-state index in [1.54, 1.807) is 26.0 Å². The van der Waals surface area contributed by atoms with Gasteiger partial charge >= 0.3 is 12.1 Å². The molecule has 0 aliphatic rings. The van der Waals surface area contributed by atoms with E-state index < -0.39 is 24.9 Å². The van der Waals surface area contributed by atoms with Gasteiger partial charge in [0, 0.05) is 6.42 Å². The Morgan fingerprint density at radius 2 is 2.00 bits per heavy atom. The molecule has 0 aliphatic heterocycles. The van der Waals surface area contributed by atoms with E-state index in [0.29, 0.717) is 12.0 Å². The van der Waals surface area contributed by atoms with Crippen LogP contribution in [0.3, 0.4) is 0 Å². The molecule has 0 saturated heterocycles. The first-order valence-corrected chi connectivity index (χ1v) is 7.82. The molecule has 1 aromatic carbocycles. The van der Waals surface area contributed by atoms with Gasteiger partial charge in [0.2, 0.25) is 5.91 Å². The van der Waals surface area contributed by atoms with Crippen LogP contribution in [0.4, 0.5) is 18.9 Å². The number of hydrogen-bond acceptors (Lipinski definition) is 3. The van der Waals surface area contributed by atoms with Gasteiger partial charge in [-0.1, -0.05) is 24.6 Å². The Bertz CT molecular complexity index is 590. The van der Waals surface area contributed by atoms with Crippen LogP contribution in [-0.2, 0) is 20.7 Å². The summed E-state index contributed by atoms with van der Waals surface area (Å²) in [5.41, 5.74) is 0.934. The van der Waals surface area contributed by atoms with Crippen molar-refractivity contribution in [3.05, 3.63) is 28.8 Å². The number of benzene rings is 1. The van der Waals surface area contributed by atoms with Crippen LogP contribution < -0.4 is 5.32 Å². The number of esters is 1. The maximum absolute atomic E-state index is 12.1. The molecule has 0 heterocycles. The fraction of sp³-hybridized carbons (Fsp3) is 0.500. The average molecular weight is 366 g/mol. The second-order valence-electron chi connectivity index (χ2n) is 5.33. The first-order valence-electron chi connectivity index (χ1n) is 7.44. The molecular weight excluding hydrogens is 347 g/mol. The van der Waals surface area contributed by atoms with Crippen LogP contribution in [0.15, 0.2) is 18.2 Å². The van der Waals surface area contributed by atoms with E-state index >= 15 is 0 Å². The SMILES string of the molecule is CCOC(=O)C(C)Cc1ccc(Cl)c(NC(=O)CCC(F)(F)F)c1. The Morgan fingerprint density at radius 3 is 2.58 bits per heavy atom. The quantitative estimate of drug-likeness (QED) is 0.730. The number of nitrogens with one attached hydrogen (secondary N) is 1. The molecule has 0 fully saturated rings. The number of halogens is 4. The molecule has 1 aromatic rings. The van der Waals surface area contributed by atoms with Crippen molar-refractivity contribution in [1.29, 1.82) is 0 Å². The second-order valence-corrected chi connectivity index (χ2v) is 5.74. The highest BCUT2D eigenvalue weighted by molar-refractivity contribution is 6.33. The molecule has 1 unspecified atom stereocenters. The molecule has 0 aromatic heterocycles. The molecule has 1 atom stereocenters. The van der Waals surface area contributed by atoms with E-state index in [9.17, 15) is 22.8 Å². The molecule has 0 spiro atoms. The van der Waals surface area contributed by atoms with Gasteiger partial charge in [0.25, 0.3) is 0 Å². The van der Waals surface area contributed by atoms with E-state index in [1.807, 2.05) is 0 Å². The fourth-order valence-electron chi connectivity index (χ4n) is 1.98. The number of carbonyl (C=O) groups is 2. The zero-order valence-electron chi connectivity index (χ0n) is 13.4. The van der Waals surface area contributed by atoms with Crippen LogP contribution >= 0.6 is 11.6 Å². The van der Waals surface area contributed by atoms with Crippen LogP contribution in [-0.4, -0.2) is 24.7 Å². The zero-order chi connectivity index (χ0) is 18.3. The lowest BCUT2D eigenvalue weighted by atomic mass is 10.0. The van der Waals surface area contributed by atoms with Crippen molar-refractivity contribution >= 4 is 29.2 Å². The van der Waals surface area contributed by atoms with Crippen molar-refractivity contribution in [2.45, 2.75) is 39.3 Å². The highest BCUT2D eigenvalue weighted by atomic mass is 35.5. The molecule has 8 heteroatoms. The van der Waals surface area contributed by atoms with Crippen molar-refractivity contribution in [3.8, 4) is 0 Å². The molecule has 0 aliphatic carbocycles. The minimum Gasteiger partial charge on any atom is -0.466 e. The van der Waals surface area contributed by atoms with Gasteiger partial charge < -0.3 is 10.1 Å². The van der Waals surface area contributed by atoms with Gasteiger partial charge in [-0.3, -0.25) is 9.59 Å². The molecule has 0 radical (unpaired) electrons. The third kappa shape index (κ3) is 7.21. The van der Waals surface area contributed by atoms with Gasteiger partial charge in [-0.05, 0) is 31.0 Å². The summed E-state index contributed by atoms with van der Waals surface area (Å²) >= 11 is 5.95. The normalized spacial score (nSPS) is 12.6. The molecule has 0 saturated carbocycles. The highest BCUT2D eigenvalue weighted by Gasteiger charge is 2.28. The fourth-order valence-corrected chi connectivity index (χ4v) is 2.15. The van der Waals surface area contributed by atoms with E-state index in [4.69, 9.17) is 16.3 Å². The van der Waals surface area contributed by atoms with Gasteiger partial charge in [-0.2, -0.15) is 13.2 Å². The minimum atomic E-state index is -4.39. The lowest BCUT2D eigenvalue weighted by molar-refractivity contribution is -0.147. The maximum Gasteiger partial charge on any atom is 0.389 e. The summed E-state index contributed by atoms with van der Waals surface area (Å²) in [5.74, 6) is -1.51. The summed E-state index contributed by atoms with van der Waals surface area (Å²) in [7, 11) is 0. The minimum absolute atomic E-state index is 0.211. The maximum atomic E-state index is 12.1. The molecule has 1 rings (SSSR count). The summed E-state index contributed by atoms with van der Waals surface area (Å²) in [5, 5.41) is 2.57. The number of rotatable bonds is 7. The predicted octanol–water partition coefficient (Wildman–Crippen LogP) is 4.36. The van der Waals surface area contributed by atoms with Gasteiger partial charge in [-0.15, -0.1) is 0 Å². The van der Waals surface area contributed by atoms with E-state index in [2.05, 4.69) is 5.32 Å². The molecular formula is C16H19ClF3NO3.